The van der Waals surface area contributed by atoms with E-state index < -0.39 is 0 Å². The molecule has 0 aliphatic carbocycles. The Morgan fingerprint density at radius 3 is 2.33 bits per heavy atom. The van der Waals surface area contributed by atoms with Crippen LogP contribution in [0.25, 0.3) is 0 Å². The molecule has 0 aliphatic heterocycles. The maximum Gasteiger partial charge on any atom is 0.192 e. The summed E-state index contributed by atoms with van der Waals surface area (Å²) < 4.78 is 0. The highest BCUT2D eigenvalue weighted by atomic mass is 16.1. The Hall–Kier alpha value is -2.10. The second kappa shape index (κ2) is 6.59. The van der Waals surface area contributed by atoms with Crippen molar-refractivity contribution in [1.29, 1.82) is 0 Å². The van der Waals surface area contributed by atoms with Crippen LogP contribution < -0.4 is 0 Å². The molecule has 2 aromatic heterocycles. The van der Waals surface area contributed by atoms with Gasteiger partial charge in [0.25, 0.3) is 0 Å². The van der Waals surface area contributed by atoms with Gasteiger partial charge in [-0.05, 0) is 42.9 Å². The fourth-order valence-corrected chi connectivity index (χ4v) is 1.76. The van der Waals surface area contributed by atoms with Crippen molar-refractivity contribution in [2.75, 3.05) is 0 Å². The second-order valence-corrected chi connectivity index (χ2v) is 4.14. The topological polar surface area (TPSA) is 55.7 Å². The highest BCUT2D eigenvalue weighted by Gasteiger charge is 1.98. The van der Waals surface area contributed by atoms with Crippen LogP contribution in [0.15, 0.2) is 36.9 Å². The van der Waals surface area contributed by atoms with Gasteiger partial charge in [-0.25, -0.2) is 9.97 Å². The van der Waals surface area contributed by atoms with E-state index in [-0.39, 0.29) is 5.82 Å². The number of carbonyl (C=O) groups excluding carboxylic acids is 1. The smallest absolute Gasteiger partial charge is 0.192 e. The molecule has 18 heavy (non-hydrogen) atoms. The number of nitrogens with zero attached hydrogens (tertiary/aromatic N) is 3. The van der Waals surface area contributed by atoms with Crippen molar-refractivity contribution in [1.82, 2.24) is 15.0 Å². The summed E-state index contributed by atoms with van der Waals surface area (Å²) in [5.74, 6) is 0.245. The Morgan fingerprint density at radius 1 is 1.00 bits per heavy atom. The molecule has 0 radical (unpaired) electrons. The Labute approximate surface area is 106 Å². The predicted molar refractivity (Wildman–Crippen MR) is 68.3 cm³/mol. The summed E-state index contributed by atoms with van der Waals surface area (Å²) in [4.78, 5) is 22.4. The molecule has 0 atom stereocenters. The monoisotopic (exact) mass is 241 g/mol. The number of hydrogen-bond donors (Lipinski definition) is 0. The molecule has 0 unspecified atom stereocenters. The molecular formula is C14H15N3O. The van der Waals surface area contributed by atoms with Gasteiger partial charge in [0, 0.05) is 24.8 Å². The Morgan fingerprint density at radius 2 is 1.72 bits per heavy atom. The van der Waals surface area contributed by atoms with Crippen molar-refractivity contribution in [3.63, 3.8) is 0 Å². The largest absolute Gasteiger partial charge is 0.294 e. The van der Waals surface area contributed by atoms with Gasteiger partial charge < -0.3 is 0 Å². The van der Waals surface area contributed by atoms with Crippen LogP contribution in [0.2, 0.25) is 0 Å². The van der Waals surface area contributed by atoms with Gasteiger partial charge >= 0.3 is 0 Å². The Bertz CT molecular complexity index is 482. The third kappa shape index (κ3) is 3.73. The van der Waals surface area contributed by atoms with Gasteiger partial charge in [0.1, 0.15) is 0 Å². The number of aromatic nitrogens is 3. The zero-order valence-electron chi connectivity index (χ0n) is 10.1. The molecule has 0 saturated carbocycles. The number of aryl methyl sites for hydroxylation is 2. The normalized spacial score (nSPS) is 10.2. The van der Waals surface area contributed by atoms with Gasteiger partial charge in [-0.3, -0.25) is 9.78 Å². The summed E-state index contributed by atoms with van der Waals surface area (Å²) in [5.41, 5.74) is 2.34. The molecule has 0 bridgehead atoms. The molecule has 2 heterocycles. The highest BCUT2D eigenvalue weighted by Crippen LogP contribution is 2.07. The molecule has 2 aromatic rings. The first-order valence-corrected chi connectivity index (χ1v) is 6.03. The van der Waals surface area contributed by atoms with E-state index in [1.54, 1.807) is 18.6 Å². The van der Waals surface area contributed by atoms with Crippen molar-refractivity contribution >= 4 is 6.29 Å². The van der Waals surface area contributed by atoms with Crippen LogP contribution in [0.1, 0.15) is 34.6 Å². The van der Waals surface area contributed by atoms with E-state index in [1.165, 1.54) is 5.56 Å². The molecule has 0 fully saturated rings. The predicted octanol–water partition coefficient (Wildman–Crippen LogP) is 2.25. The van der Waals surface area contributed by atoms with E-state index in [0.717, 1.165) is 31.2 Å². The van der Waals surface area contributed by atoms with Gasteiger partial charge in [-0.2, -0.15) is 0 Å². The lowest BCUT2D eigenvalue weighted by Gasteiger charge is -2.01. The van der Waals surface area contributed by atoms with Gasteiger partial charge in [0.2, 0.25) is 0 Å². The van der Waals surface area contributed by atoms with Crippen LogP contribution in [0.5, 0.6) is 0 Å². The molecular weight excluding hydrogens is 226 g/mol. The molecule has 0 N–H and O–H groups in total. The van der Waals surface area contributed by atoms with E-state index >= 15 is 0 Å². The van der Waals surface area contributed by atoms with Crippen LogP contribution in [-0.2, 0) is 12.8 Å². The minimum Gasteiger partial charge on any atom is -0.294 e. The van der Waals surface area contributed by atoms with Crippen molar-refractivity contribution in [2.24, 2.45) is 0 Å². The summed E-state index contributed by atoms with van der Waals surface area (Å²) in [5, 5.41) is 0. The number of unbranched alkanes of at least 4 members (excludes halogenated alkanes) is 1. The first kappa shape index (κ1) is 12.4. The van der Waals surface area contributed by atoms with Crippen LogP contribution in [0, 0.1) is 0 Å². The summed E-state index contributed by atoms with van der Waals surface area (Å²) in [6.07, 6.45) is 12.0. The van der Waals surface area contributed by atoms with Gasteiger partial charge in [0.05, 0.1) is 0 Å². The van der Waals surface area contributed by atoms with Gasteiger partial charge in [-0.15, -0.1) is 0 Å². The average molecular weight is 241 g/mol. The number of aldehydes is 1. The lowest BCUT2D eigenvalue weighted by Crippen LogP contribution is -1.95. The molecule has 0 spiro atoms. The van der Waals surface area contributed by atoms with E-state index in [0.29, 0.717) is 6.29 Å². The third-order valence-electron chi connectivity index (χ3n) is 2.73. The van der Waals surface area contributed by atoms with Crippen molar-refractivity contribution in [2.45, 2.75) is 25.7 Å². The molecule has 2 rings (SSSR count). The van der Waals surface area contributed by atoms with E-state index in [9.17, 15) is 4.79 Å². The summed E-state index contributed by atoms with van der Waals surface area (Å²) in [7, 11) is 0. The number of carbonyl (C=O) groups is 1. The molecule has 0 amide bonds. The maximum absolute atomic E-state index is 10.4. The minimum atomic E-state index is 0.245. The summed E-state index contributed by atoms with van der Waals surface area (Å²) in [6, 6.07) is 4.05. The van der Waals surface area contributed by atoms with Gasteiger partial charge in [-0.1, -0.05) is 6.07 Å². The minimum absolute atomic E-state index is 0.245. The average Bonchev–Trinajstić information content (AvgIpc) is 2.45. The van der Waals surface area contributed by atoms with Gasteiger partial charge in [0.15, 0.2) is 12.1 Å². The van der Waals surface area contributed by atoms with Crippen LogP contribution in [0.3, 0.4) is 0 Å². The fourth-order valence-electron chi connectivity index (χ4n) is 1.76. The molecule has 92 valence electrons. The Kier molecular flexibility index (Phi) is 4.53. The fraction of sp³-hybridized carbons (Fsp3) is 0.286. The van der Waals surface area contributed by atoms with Crippen molar-refractivity contribution < 1.29 is 4.79 Å². The molecule has 0 aliphatic rings. The lowest BCUT2D eigenvalue weighted by molar-refractivity contribution is 0.111. The van der Waals surface area contributed by atoms with E-state index in [2.05, 4.69) is 21.0 Å². The third-order valence-corrected chi connectivity index (χ3v) is 2.73. The van der Waals surface area contributed by atoms with Crippen LogP contribution in [-0.4, -0.2) is 21.2 Å². The number of hydrogen-bond acceptors (Lipinski definition) is 4. The molecule has 0 aromatic carbocycles. The molecule has 4 nitrogen and oxygen atoms in total. The quantitative estimate of drug-likeness (QED) is 0.575. The van der Waals surface area contributed by atoms with Crippen molar-refractivity contribution in [3.05, 3.63) is 53.9 Å². The first-order valence-electron chi connectivity index (χ1n) is 6.03. The van der Waals surface area contributed by atoms with E-state index in [4.69, 9.17) is 0 Å². The number of rotatable bonds is 6. The summed E-state index contributed by atoms with van der Waals surface area (Å²) >= 11 is 0. The summed E-state index contributed by atoms with van der Waals surface area (Å²) in [6.45, 7) is 0. The SMILES string of the molecule is O=Cc1ncc(CCCCc2cccnc2)cn1. The molecule has 0 saturated heterocycles. The maximum atomic E-state index is 10.4. The molecule has 4 heteroatoms. The zero-order valence-corrected chi connectivity index (χ0v) is 10.1. The highest BCUT2D eigenvalue weighted by molar-refractivity contribution is 5.68. The van der Waals surface area contributed by atoms with E-state index in [1.807, 2.05) is 12.3 Å². The van der Waals surface area contributed by atoms with Crippen LogP contribution in [0.4, 0.5) is 0 Å². The first-order chi connectivity index (χ1) is 8.88. The van der Waals surface area contributed by atoms with Crippen LogP contribution >= 0.6 is 0 Å². The second-order valence-electron chi connectivity index (χ2n) is 4.14. The van der Waals surface area contributed by atoms with Crippen molar-refractivity contribution in [3.8, 4) is 0 Å². The lowest BCUT2D eigenvalue weighted by atomic mass is 10.1. The zero-order chi connectivity index (χ0) is 12.6. The number of pyridine rings is 1. The standard InChI is InChI=1S/C14H15N3O/c18-11-14-16-9-13(10-17-14)5-2-1-4-12-6-3-7-15-8-12/h3,6-11H,1-2,4-5H2. The Balaban J connectivity index is 1.73.